The molecule has 2 N–H and O–H groups in total. The molecule has 2 fully saturated rings. The number of aromatic nitrogens is 1. The van der Waals surface area contributed by atoms with Crippen molar-refractivity contribution < 1.29 is 13.3 Å². The first kappa shape index (κ1) is 21.0. The molecule has 1 saturated carbocycles. The summed E-state index contributed by atoms with van der Waals surface area (Å²) in [5.74, 6) is 0.883. The lowest BCUT2D eigenvalue weighted by atomic mass is 9.82. The molecule has 1 aromatic carbocycles. The average molecular weight is 429 g/mol. The Bertz CT molecular complexity index is 968. The van der Waals surface area contributed by atoms with Crippen LogP contribution in [0.4, 0.5) is 5.82 Å². The quantitative estimate of drug-likeness (QED) is 0.711. The molecule has 2 aliphatic rings. The summed E-state index contributed by atoms with van der Waals surface area (Å²) in [5, 5.41) is 4.64. The van der Waals surface area contributed by atoms with Gasteiger partial charge in [0, 0.05) is 17.8 Å². The normalized spacial score (nSPS) is 22.8. The van der Waals surface area contributed by atoms with Gasteiger partial charge >= 0.3 is 0 Å². The zero-order chi connectivity index (χ0) is 21.0. The van der Waals surface area contributed by atoms with Gasteiger partial charge in [-0.25, -0.2) is 13.4 Å². The standard InChI is InChI=1S/C22H29N5O2S/c1-26-13-15-27(16-14-26)30(28,29)19-11-12-22(23-17-19)25-24-21-10-6-5-9-20(21)18-7-3-2-4-8-18/h2-4,7-8,11-12,17,20H,5-6,9-10,13-16H2,1H3,(H,23,25)/p+1/t20-/m1/s1. The van der Waals surface area contributed by atoms with Crippen molar-refractivity contribution in [1.82, 2.24) is 9.29 Å². The van der Waals surface area contributed by atoms with Crippen LogP contribution in [-0.4, -0.2) is 56.6 Å². The number of hydrogen-bond donors (Lipinski definition) is 2. The number of hydrogen-bond acceptors (Lipinski definition) is 5. The Hall–Kier alpha value is -2.29. The Labute approximate surface area is 178 Å². The SMILES string of the molecule is C[NH+]1CCN(S(=O)(=O)c2ccc(NN=C3CCCC[C@@H]3c3ccccc3)nc2)CC1. The number of likely N-dealkylation sites (N-methyl/N-ethyl adjacent to an activating group) is 1. The third kappa shape index (κ3) is 4.71. The molecule has 4 rings (SSSR count). The van der Waals surface area contributed by atoms with E-state index in [0.29, 0.717) is 24.8 Å². The summed E-state index contributed by atoms with van der Waals surface area (Å²) >= 11 is 0. The van der Waals surface area contributed by atoms with Gasteiger partial charge in [-0.05, 0) is 37.0 Å². The van der Waals surface area contributed by atoms with Crippen LogP contribution in [-0.2, 0) is 10.0 Å². The lowest BCUT2D eigenvalue weighted by Crippen LogP contribution is -3.12. The zero-order valence-corrected chi connectivity index (χ0v) is 18.2. The van der Waals surface area contributed by atoms with Crippen LogP contribution in [0.5, 0.6) is 0 Å². The first-order valence-corrected chi connectivity index (χ1v) is 12.1. The third-order valence-electron chi connectivity index (χ3n) is 6.04. The number of nitrogens with zero attached hydrogens (tertiary/aromatic N) is 3. The van der Waals surface area contributed by atoms with Crippen LogP contribution in [0.1, 0.15) is 37.2 Å². The molecule has 8 heteroatoms. The van der Waals surface area contributed by atoms with Gasteiger partial charge < -0.3 is 4.90 Å². The van der Waals surface area contributed by atoms with E-state index in [0.717, 1.165) is 38.1 Å². The van der Waals surface area contributed by atoms with E-state index >= 15 is 0 Å². The van der Waals surface area contributed by atoms with Crippen molar-refractivity contribution >= 4 is 21.6 Å². The van der Waals surface area contributed by atoms with E-state index < -0.39 is 10.0 Å². The van der Waals surface area contributed by atoms with Gasteiger partial charge in [0.15, 0.2) is 0 Å². The predicted octanol–water partition coefficient (Wildman–Crippen LogP) is 1.73. The minimum atomic E-state index is -3.49. The fourth-order valence-electron chi connectivity index (χ4n) is 4.16. The number of anilines is 1. The summed E-state index contributed by atoms with van der Waals surface area (Å²) in [6.45, 7) is 2.74. The van der Waals surface area contributed by atoms with Crippen molar-refractivity contribution in [2.75, 3.05) is 38.7 Å². The van der Waals surface area contributed by atoms with Gasteiger partial charge in [0.2, 0.25) is 10.0 Å². The van der Waals surface area contributed by atoms with Crippen LogP contribution in [0.2, 0.25) is 0 Å². The molecule has 2 aromatic rings. The first-order chi connectivity index (χ1) is 14.5. The van der Waals surface area contributed by atoms with Crippen LogP contribution < -0.4 is 10.3 Å². The highest BCUT2D eigenvalue weighted by molar-refractivity contribution is 7.89. The van der Waals surface area contributed by atoms with Gasteiger partial charge in [-0.2, -0.15) is 9.41 Å². The summed E-state index contributed by atoms with van der Waals surface area (Å²) in [6.07, 6.45) is 5.84. The predicted molar refractivity (Wildman–Crippen MR) is 118 cm³/mol. The summed E-state index contributed by atoms with van der Waals surface area (Å²) in [5.41, 5.74) is 5.47. The average Bonchev–Trinajstić information content (AvgIpc) is 2.79. The number of sulfonamides is 1. The molecule has 0 unspecified atom stereocenters. The second-order valence-electron chi connectivity index (χ2n) is 8.16. The molecule has 1 aliphatic carbocycles. The van der Waals surface area contributed by atoms with Gasteiger partial charge in [-0.1, -0.05) is 36.8 Å². The summed E-state index contributed by atoms with van der Waals surface area (Å²) in [6, 6.07) is 13.8. The smallest absolute Gasteiger partial charge is 0.245 e. The molecule has 1 aromatic heterocycles. The lowest BCUT2D eigenvalue weighted by molar-refractivity contribution is -0.883. The summed E-state index contributed by atoms with van der Waals surface area (Å²) < 4.78 is 27.2. The number of pyridine rings is 1. The molecular formula is C22H30N5O2S+. The maximum Gasteiger partial charge on any atom is 0.245 e. The summed E-state index contributed by atoms with van der Waals surface area (Å²) in [7, 11) is -1.40. The van der Waals surface area contributed by atoms with Crippen molar-refractivity contribution in [2.45, 2.75) is 36.5 Å². The molecule has 160 valence electrons. The first-order valence-electron chi connectivity index (χ1n) is 10.7. The fraction of sp³-hybridized carbons (Fsp3) is 0.455. The molecule has 0 spiro atoms. The van der Waals surface area contributed by atoms with E-state index in [4.69, 9.17) is 0 Å². The van der Waals surface area contributed by atoms with Crippen molar-refractivity contribution in [1.29, 1.82) is 0 Å². The van der Waals surface area contributed by atoms with E-state index in [2.05, 4.69) is 46.8 Å². The van der Waals surface area contributed by atoms with Crippen molar-refractivity contribution in [3.63, 3.8) is 0 Å². The topological polar surface area (TPSA) is 79.1 Å². The Morgan fingerprint density at radius 3 is 2.57 bits per heavy atom. The lowest BCUT2D eigenvalue weighted by Gasteiger charge is -2.29. The molecule has 30 heavy (non-hydrogen) atoms. The van der Waals surface area contributed by atoms with Crippen molar-refractivity contribution in [3.8, 4) is 0 Å². The van der Waals surface area contributed by atoms with Gasteiger partial charge in [0.25, 0.3) is 0 Å². The molecule has 0 bridgehead atoms. The number of nitrogens with one attached hydrogen (secondary N) is 2. The van der Waals surface area contributed by atoms with E-state index in [1.165, 1.54) is 23.1 Å². The monoisotopic (exact) mass is 428 g/mol. The highest BCUT2D eigenvalue weighted by Crippen LogP contribution is 2.31. The maximum absolute atomic E-state index is 12.8. The van der Waals surface area contributed by atoms with Crippen LogP contribution in [0.15, 0.2) is 58.7 Å². The summed E-state index contributed by atoms with van der Waals surface area (Å²) in [4.78, 5) is 5.90. The second kappa shape index (κ2) is 9.24. The van der Waals surface area contributed by atoms with Crippen molar-refractivity contribution in [3.05, 3.63) is 54.2 Å². The Kier molecular flexibility index (Phi) is 6.46. The van der Waals surface area contributed by atoms with Gasteiger partial charge in [0.05, 0.1) is 33.2 Å². The van der Waals surface area contributed by atoms with Crippen LogP contribution >= 0.6 is 0 Å². The Balaban J connectivity index is 1.45. The highest BCUT2D eigenvalue weighted by atomic mass is 32.2. The molecule has 1 saturated heterocycles. The second-order valence-corrected chi connectivity index (χ2v) is 10.1. The van der Waals surface area contributed by atoms with Crippen molar-refractivity contribution in [2.24, 2.45) is 5.10 Å². The number of hydrazone groups is 1. The molecule has 0 amide bonds. The number of benzene rings is 1. The van der Waals surface area contributed by atoms with E-state index in [1.807, 2.05) is 6.07 Å². The van der Waals surface area contributed by atoms with Gasteiger partial charge in [0.1, 0.15) is 10.7 Å². The molecule has 1 aliphatic heterocycles. The van der Waals surface area contributed by atoms with Crippen LogP contribution in [0.25, 0.3) is 0 Å². The van der Waals surface area contributed by atoms with E-state index in [9.17, 15) is 8.42 Å². The third-order valence-corrected chi connectivity index (χ3v) is 7.93. The maximum atomic E-state index is 12.8. The minimum Gasteiger partial charge on any atom is -0.335 e. The number of quaternary nitrogens is 1. The highest BCUT2D eigenvalue weighted by Gasteiger charge is 2.29. The number of piperazine rings is 1. The molecule has 0 radical (unpaired) electrons. The molecule has 2 heterocycles. The minimum absolute atomic E-state index is 0.236. The Morgan fingerprint density at radius 1 is 1.10 bits per heavy atom. The molecular weight excluding hydrogens is 398 g/mol. The molecule has 1 atom stereocenters. The van der Waals surface area contributed by atoms with E-state index in [1.54, 1.807) is 16.4 Å². The fourth-order valence-corrected chi connectivity index (χ4v) is 5.55. The van der Waals surface area contributed by atoms with Crippen LogP contribution in [0.3, 0.4) is 0 Å². The zero-order valence-electron chi connectivity index (χ0n) is 17.4. The molecule has 7 nitrogen and oxygen atoms in total. The van der Waals surface area contributed by atoms with E-state index in [-0.39, 0.29) is 4.90 Å². The largest absolute Gasteiger partial charge is 0.335 e. The number of rotatable bonds is 5. The van der Waals surface area contributed by atoms with Crippen LogP contribution in [0, 0.1) is 0 Å². The van der Waals surface area contributed by atoms with Gasteiger partial charge in [-0.3, -0.25) is 5.43 Å². The Morgan fingerprint density at radius 2 is 1.87 bits per heavy atom. The van der Waals surface area contributed by atoms with Gasteiger partial charge in [-0.15, -0.1) is 0 Å².